The van der Waals surface area contributed by atoms with Crippen molar-refractivity contribution < 1.29 is 9.53 Å². The van der Waals surface area contributed by atoms with Crippen molar-refractivity contribution in [2.75, 3.05) is 12.4 Å². The number of anilines is 1. The maximum Gasteiger partial charge on any atom is 0.255 e. The molecule has 4 nitrogen and oxygen atoms in total. The third kappa shape index (κ3) is 3.03. The van der Waals surface area contributed by atoms with Crippen LogP contribution < -0.4 is 10.1 Å². The lowest BCUT2D eigenvalue weighted by molar-refractivity contribution is 0.102. The lowest BCUT2D eigenvalue weighted by atomic mass is 10.2. The highest BCUT2D eigenvalue weighted by molar-refractivity contribution is 6.31. The van der Waals surface area contributed by atoms with Crippen LogP contribution in [0.4, 0.5) is 5.69 Å². The molecule has 1 N–H and O–H groups in total. The van der Waals surface area contributed by atoms with E-state index in [9.17, 15) is 4.79 Å². The Morgan fingerprint density at radius 1 is 1.32 bits per heavy atom. The number of rotatable bonds is 3. The van der Waals surface area contributed by atoms with E-state index in [1.807, 2.05) is 6.92 Å². The number of benzene rings is 1. The summed E-state index contributed by atoms with van der Waals surface area (Å²) < 4.78 is 5.23. The van der Waals surface area contributed by atoms with Crippen molar-refractivity contribution in [1.29, 1.82) is 0 Å². The van der Waals surface area contributed by atoms with Gasteiger partial charge in [-0.15, -0.1) is 0 Å². The fourth-order valence-electron chi connectivity index (χ4n) is 1.62. The number of nitrogens with zero attached hydrogens (tertiary/aromatic N) is 1. The number of amides is 1. The van der Waals surface area contributed by atoms with E-state index in [0.29, 0.717) is 22.0 Å². The number of carbonyl (C=O) groups is 1. The number of hydrogen-bond donors (Lipinski definition) is 1. The van der Waals surface area contributed by atoms with Gasteiger partial charge in [0.25, 0.3) is 5.91 Å². The molecule has 1 heterocycles. The van der Waals surface area contributed by atoms with Crippen LogP contribution in [0.3, 0.4) is 0 Å². The van der Waals surface area contributed by atoms with Gasteiger partial charge < -0.3 is 10.1 Å². The smallest absolute Gasteiger partial charge is 0.255 e. The van der Waals surface area contributed by atoms with E-state index in [-0.39, 0.29) is 5.91 Å². The van der Waals surface area contributed by atoms with Crippen LogP contribution in [-0.4, -0.2) is 18.0 Å². The van der Waals surface area contributed by atoms with Gasteiger partial charge in [-0.2, -0.15) is 0 Å². The summed E-state index contributed by atoms with van der Waals surface area (Å²) >= 11 is 6.06. The molecule has 0 aliphatic heterocycles. The molecule has 2 rings (SSSR count). The van der Waals surface area contributed by atoms with Crippen molar-refractivity contribution in [2.24, 2.45) is 0 Å². The maximum absolute atomic E-state index is 12.0. The Morgan fingerprint density at radius 3 is 2.63 bits per heavy atom. The van der Waals surface area contributed by atoms with E-state index in [0.717, 1.165) is 5.56 Å². The average molecular weight is 277 g/mol. The van der Waals surface area contributed by atoms with E-state index in [1.165, 1.54) is 0 Å². The molecular weight excluding hydrogens is 264 g/mol. The summed E-state index contributed by atoms with van der Waals surface area (Å²) in [5, 5.41) is 3.34. The Morgan fingerprint density at radius 2 is 2.00 bits per heavy atom. The number of methoxy groups -OCH3 is 1. The zero-order valence-electron chi connectivity index (χ0n) is 10.6. The minimum Gasteiger partial charge on any atom is -0.495 e. The lowest BCUT2D eigenvalue weighted by Crippen LogP contribution is -2.12. The minimum absolute atomic E-state index is 0.236. The van der Waals surface area contributed by atoms with Crippen LogP contribution in [-0.2, 0) is 0 Å². The molecule has 1 aromatic heterocycles. The fourth-order valence-corrected chi connectivity index (χ4v) is 1.78. The van der Waals surface area contributed by atoms with Crippen LogP contribution in [0.25, 0.3) is 0 Å². The van der Waals surface area contributed by atoms with Gasteiger partial charge >= 0.3 is 0 Å². The summed E-state index contributed by atoms with van der Waals surface area (Å²) in [4.78, 5) is 15.9. The summed E-state index contributed by atoms with van der Waals surface area (Å²) in [5.74, 6) is 0.338. The summed E-state index contributed by atoms with van der Waals surface area (Å²) in [6.07, 6.45) is 3.13. The largest absolute Gasteiger partial charge is 0.495 e. The number of hydrogen-bond acceptors (Lipinski definition) is 3. The molecule has 19 heavy (non-hydrogen) atoms. The molecule has 1 amide bonds. The van der Waals surface area contributed by atoms with Crippen molar-refractivity contribution in [2.45, 2.75) is 6.92 Å². The molecule has 0 unspecified atom stereocenters. The predicted molar refractivity (Wildman–Crippen MR) is 74.9 cm³/mol. The summed E-state index contributed by atoms with van der Waals surface area (Å²) in [5.41, 5.74) is 1.95. The monoisotopic (exact) mass is 276 g/mol. The van der Waals surface area contributed by atoms with Crippen LogP contribution in [0.1, 0.15) is 15.9 Å². The van der Waals surface area contributed by atoms with Crippen LogP contribution in [0.5, 0.6) is 5.75 Å². The van der Waals surface area contributed by atoms with Gasteiger partial charge in [0.2, 0.25) is 0 Å². The van der Waals surface area contributed by atoms with Crippen molar-refractivity contribution >= 4 is 23.2 Å². The minimum atomic E-state index is -0.236. The van der Waals surface area contributed by atoms with E-state index in [1.54, 1.807) is 43.8 Å². The summed E-state index contributed by atoms with van der Waals surface area (Å²) in [6.45, 7) is 1.87. The highest BCUT2D eigenvalue weighted by Gasteiger charge is 2.11. The molecule has 0 aliphatic rings. The molecule has 0 atom stereocenters. The second-order valence-electron chi connectivity index (χ2n) is 3.99. The van der Waals surface area contributed by atoms with E-state index < -0.39 is 0 Å². The summed E-state index contributed by atoms with van der Waals surface area (Å²) in [6, 6.07) is 6.73. The van der Waals surface area contributed by atoms with Gasteiger partial charge in [0.1, 0.15) is 5.75 Å². The van der Waals surface area contributed by atoms with Crippen molar-refractivity contribution in [3.63, 3.8) is 0 Å². The van der Waals surface area contributed by atoms with E-state index in [2.05, 4.69) is 10.3 Å². The zero-order valence-corrected chi connectivity index (χ0v) is 11.4. The van der Waals surface area contributed by atoms with Crippen LogP contribution in [0.15, 0.2) is 36.7 Å². The van der Waals surface area contributed by atoms with Crippen LogP contribution in [0, 0.1) is 6.92 Å². The van der Waals surface area contributed by atoms with Crippen molar-refractivity contribution in [1.82, 2.24) is 4.98 Å². The molecule has 0 saturated heterocycles. The van der Waals surface area contributed by atoms with Gasteiger partial charge in [-0.25, -0.2) is 0 Å². The fraction of sp³-hybridized carbons (Fsp3) is 0.143. The Bertz CT molecular complexity index is 600. The number of aryl methyl sites for hydroxylation is 1. The normalized spacial score (nSPS) is 10.1. The Hall–Kier alpha value is -2.07. The van der Waals surface area contributed by atoms with Gasteiger partial charge in [-0.1, -0.05) is 11.6 Å². The van der Waals surface area contributed by atoms with E-state index >= 15 is 0 Å². The number of pyridine rings is 1. The number of nitrogens with one attached hydrogen (secondary N) is 1. The second-order valence-corrected chi connectivity index (χ2v) is 4.40. The molecule has 0 aliphatic carbocycles. The van der Waals surface area contributed by atoms with Crippen molar-refractivity contribution in [3.8, 4) is 5.75 Å². The van der Waals surface area contributed by atoms with Gasteiger partial charge in [0, 0.05) is 23.0 Å². The lowest BCUT2D eigenvalue weighted by Gasteiger charge is -2.12. The van der Waals surface area contributed by atoms with Gasteiger partial charge in [0.05, 0.1) is 12.8 Å². The molecule has 0 spiro atoms. The average Bonchev–Trinajstić information content (AvgIpc) is 2.43. The highest BCUT2D eigenvalue weighted by Crippen LogP contribution is 2.31. The topological polar surface area (TPSA) is 51.2 Å². The SMILES string of the molecule is COc1cc(C)c(Cl)cc1NC(=O)c1ccncc1. The molecule has 5 heteroatoms. The molecular formula is C14H13ClN2O2. The van der Waals surface area contributed by atoms with Gasteiger partial charge in [0.15, 0.2) is 0 Å². The molecule has 98 valence electrons. The van der Waals surface area contributed by atoms with E-state index in [4.69, 9.17) is 16.3 Å². The Balaban J connectivity index is 2.28. The maximum atomic E-state index is 12.0. The third-order valence-electron chi connectivity index (χ3n) is 2.67. The zero-order chi connectivity index (χ0) is 13.8. The molecule has 1 aromatic carbocycles. The molecule has 0 radical (unpaired) electrons. The Kier molecular flexibility index (Phi) is 4.02. The summed E-state index contributed by atoms with van der Waals surface area (Å²) in [7, 11) is 1.55. The first-order chi connectivity index (χ1) is 9.11. The second kappa shape index (κ2) is 5.71. The number of halogens is 1. The Labute approximate surface area is 116 Å². The number of carbonyl (C=O) groups excluding carboxylic acids is 1. The first-order valence-corrected chi connectivity index (χ1v) is 6.05. The highest BCUT2D eigenvalue weighted by atomic mass is 35.5. The molecule has 0 bridgehead atoms. The molecule has 0 saturated carbocycles. The van der Waals surface area contributed by atoms with Gasteiger partial charge in [-0.3, -0.25) is 9.78 Å². The quantitative estimate of drug-likeness (QED) is 0.936. The predicted octanol–water partition coefficient (Wildman–Crippen LogP) is 3.30. The van der Waals surface area contributed by atoms with Crippen molar-refractivity contribution in [3.05, 3.63) is 52.8 Å². The van der Waals surface area contributed by atoms with Crippen LogP contribution in [0.2, 0.25) is 5.02 Å². The number of aromatic nitrogens is 1. The first-order valence-electron chi connectivity index (χ1n) is 5.67. The standard InChI is InChI=1S/C14H13ClN2O2/c1-9-7-13(19-2)12(8-11(9)15)17-14(18)10-3-5-16-6-4-10/h3-8H,1-2H3,(H,17,18). The molecule has 0 fully saturated rings. The molecule has 2 aromatic rings. The number of ether oxygens (including phenoxy) is 1. The first kappa shape index (κ1) is 13.4. The third-order valence-corrected chi connectivity index (χ3v) is 3.08. The van der Waals surface area contributed by atoms with Gasteiger partial charge in [-0.05, 0) is 36.8 Å². The van der Waals surface area contributed by atoms with Crippen LogP contribution >= 0.6 is 11.6 Å².